The number of carbonyl (C=O) groups excluding carboxylic acids is 2. The van der Waals surface area contributed by atoms with Gasteiger partial charge in [0.1, 0.15) is 0 Å². The zero-order valence-corrected chi connectivity index (χ0v) is 22.5. The highest BCUT2D eigenvalue weighted by atomic mass is 16.7. The molecule has 192 valence electrons. The fourth-order valence-corrected chi connectivity index (χ4v) is 4.25. The zero-order chi connectivity index (χ0) is 26.5. The summed E-state index contributed by atoms with van der Waals surface area (Å²) >= 11 is 0. The third kappa shape index (κ3) is 6.26. The number of rotatable bonds is 4. The normalized spacial score (nSPS) is 18.2. The minimum atomic E-state index is -0.406. The second kappa shape index (κ2) is 11.4. The summed E-state index contributed by atoms with van der Waals surface area (Å²) < 4.78 is 21.2. The van der Waals surface area contributed by atoms with Crippen molar-refractivity contribution in [1.82, 2.24) is 0 Å². The molecule has 1 aliphatic heterocycles. The summed E-state index contributed by atoms with van der Waals surface area (Å²) in [6.07, 6.45) is 4.93. The van der Waals surface area contributed by atoms with E-state index >= 15 is 0 Å². The number of methoxy groups -OCH3 is 2. The molecule has 1 aliphatic carbocycles. The van der Waals surface area contributed by atoms with E-state index in [1.54, 1.807) is 12.1 Å². The van der Waals surface area contributed by atoms with Crippen LogP contribution in [0.25, 0.3) is 5.57 Å². The molecule has 6 nitrogen and oxygen atoms in total. The van der Waals surface area contributed by atoms with Crippen LogP contribution in [0.4, 0.5) is 0 Å². The van der Waals surface area contributed by atoms with E-state index in [9.17, 15) is 9.59 Å². The molecule has 0 amide bonds. The fraction of sp³-hybridized carbons (Fsp3) is 0.448. The Balaban J connectivity index is 0.000000202. The Morgan fingerprint density at radius 2 is 1.19 bits per heavy atom. The molecule has 1 fully saturated rings. The van der Waals surface area contributed by atoms with Crippen LogP contribution in [0.1, 0.15) is 86.6 Å². The third-order valence-corrected chi connectivity index (χ3v) is 7.26. The molecule has 0 aromatic heterocycles. The average Bonchev–Trinajstić information content (AvgIpc) is 3.10. The number of ether oxygens (including phenoxy) is 2. The highest BCUT2D eigenvalue weighted by molar-refractivity contribution is 6.62. The van der Waals surface area contributed by atoms with Crippen molar-refractivity contribution in [3.63, 3.8) is 0 Å². The Morgan fingerprint density at radius 3 is 1.64 bits per heavy atom. The first-order chi connectivity index (χ1) is 17.0. The van der Waals surface area contributed by atoms with Crippen LogP contribution in [0.15, 0.2) is 54.1 Å². The predicted molar refractivity (Wildman–Crippen MR) is 142 cm³/mol. The van der Waals surface area contributed by atoms with E-state index in [4.69, 9.17) is 14.0 Å². The lowest BCUT2D eigenvalue weighted by Gasteiger charge is -2.32. The van der Waals surface area contributed by atoms with Gasteiger partial charge in [-0.1, -0.05) is 29.8 Å². The molecule has 1 saturated heterocycles. The minimum absolute atomic E-state index is 0.272. The monoisotopic (exact) mass is 492 g/mol. The van der Waals surface area contributed by atoms with Gasteiger partial charge in [0.05, 0.1) is 36.5 Å². The lowest BCUT2D eigenvalue weighted by Crippen LogP contribution is -2.41. The van der Waals surface area contributed by atoms with Gasteiger partial charge >= 0.3 is 19.1 Å². The van der Waals surface area contributed by atoms with Gasteiger partial charge in [-0.25, -0.2) is 9.59 Å². The smallest absolute Gasteiger partial charge is 0.465 e. The van der Waals surface area contributed by atoms with Gasteiger partial charge in [-0.2, -0.15) is 0 Å². The highest BCUT2D eigenvalue weighted by Gasteiger charge is 2.51. The predicted octanol–water partition coefficient (Wildman–Crippen LogP) is 5.59. The second-order valence-corrected chi connectivity index (χ2v) is 10.2. The van der Waals surface area contributed by atoms with Crippen molar-refractivity contribution in [2.24, 2.45) is 0 Å². The third-order valence-electron chi connectivity index (χ3n) is 7.26. The molecule has 0 radical (unpaired) electrons. The van der Waals surface area contributed by atoms with Crippen LogP contribution >= 0.6 is 0 Å². The van der Waals surface area contributed by atoms with Crippen molar-refractivity contribution in [3.05, 3.63) is 70.8 Å². The average molecular weight is 492 g/mol. The lowest BCUT2D eigenvalue weighted by molar-refractivity contribution is 0.00578. The Morgan fingerprint density at radius 1 is 0.750 bits per heavy atom. The molecule has 4 rings (SSSR count). The van der Waals surface area contributed by atoms with Gasteiger partial charge in [-0.05, 0) is 101 Å². The number of esters is 2. The zero-order valence-electron chi connectivity index (χ0n) is 22.5. The van der Waals surface area contributed by atoms with E-state index in [-0.39, 0.29) is 23.1 Å². The van der Waals surface area contributed by atoms with E-state index in [0.717, 1.165) is 11.9 Å². The number of hydrogen-bond donors (Lipinski definition) is 0. The van der Waals surface area contributed by atoms with Crippen LogP contribution in [-0.2, 0) is 18.8 Å². The van der Waals surface area contributed by atoms with Crippen LogP contribution in [0, 0.1) is 0 Å². The summed E-state index contributed by atoms with van der Waals surface area (Å²) in [6.45, 7) is 10.2. The summed E-state index contributed by atoms with van der Waals surface area (Å²) in [4.78, 5) is 22.7. The first kappa shape index (κ1) is 27.7. The van der Waals surface area contributed by atoms with Crippen molar-refractivity contribution in [2.45, 2.75) is 71.5 Å². The van der Waals surface area contributed by atoms with Gasteiger partial charge in [0, 0.05) is 0 Å². The molecule has 2 aliphatic rings. The quantitative estimate of drug-likeness (QED) is 0.409. The second-order valence-electron chi connectivity index (χ2n) is 10.2. The molecule has 2 aromatic rings. The van der Waals surface area contributed by atoms with Crippen LogP contribution in [0.3, 0.4) is 0 Å². The van der Waals surface area contributed by atoms with E-state index < -0.39 is 7.12 Å². The molecule has 0 unspecified atom stereocenters. The van der Waals surface area contributed by atoms with Crippen LogP contribution in [0.5, 0.6) is 0 Å². The maximum Gasteiger partial charge on any atom is 0.494 e. The molecule has 0 spiro atoms. The van der Waals surface area contributed by atoms with Gasteiger partial charge in [-0.3, -0.25) is 0 Å². The molecule has 0 atom stereocenters. The molecule has 0 N–H and O–H groups in total. The number of carbonyl (C=O) groups is 2. The molecule has 1 heterocycles. The Kier molecular flexibility index (Phi) is 8.80. The highest BCUT2D eigenvalue weighted by Crippen LogP contribution is 2.36. The summed E-state index contributed by atoms with van der Waals surface area (Å²) in [6, 6.07) is 14.8. The maximum atomic E-state index is 11.4. The van der Waals surface area contributed by atoms with Gasteiger partial charge in [-0.15, -0.1) is 0 Å². The van der Waals surface area contributed by atoms with Crippen LogP contribution in [-0.4, -0.2) is 44.5 Å². The number of hydrogen-bond acceptors (Lipinski definition) is 6. The molecule has 2 aromatic carbocycles. The van der Waals surface area contributed by atoms with Gasteiger partial charge < -0.3 is 18.8 Å². The minimum Gasteiger partial charge on any atom is -0.465 e. The molecule has 0 bridgehead atoms. The van der Waals surface area contributed by atoms with Gasteiger partial charge in [0.25, 0.3) is 0 Å². The van der Waals surface area contributed by atoms with E-state index in [1.807, 2.05) is 64.1 Å². The molecular formula is C29H37BO6. The van der Waals surface area contributed by atoms with E-state index in [2.05, 4.69) is 11.7 Å². The summed E-state index contributed by atoms with van der Waals surface area (Å²) in [5, 5.41) is 0. The standard InChI is InChI=1S/C15H18O2.C14H19BO4/c1-11-5-3-4-6-14(11)12-7-9-13(10-8-12)15(16)17-2;1-13(2)14(3,4)19-15(18-13)11-8-6-10(7-9-11)12(16)17-5/h7-10H,3-6H2,1-2H3;6-9H,1-5H3. The summed E-state index contributed by atoms with van der Waals surface area (Å²) in [7, 11) is 2.37. The molecular weight excluding hydrogens is 455 g/mol. The van der Waals surface area contributed by atoms with E-state index in [0.29, 0.717) is 11.1 Å². The number of allylic oxidation sites excluding steroid dienone is 2. The lowest BCUT2D eigenvalue weighted by atomic mass is 9.79. The van der Waals surface area contributed by atoms with Gasteiger partial charge in [0.2, 0.25) is 0 Å². The summed E-state index contributed by atoms with van der Waals surface area (Å²) in [5.74, 6) is -0.619. The Labute approximate surface area is 215 Å². The van der Waals surface area contributed by atoms with Crippen molar-refractivity contribution in [3.8, 4) is 0 Å². The first-order valence-corrected chi connectivity index (χ1v) is 12.4. The fourth-order valence-electron chi connectivity index (χ4n) is 4.25. The summed E-state index contributed by atoms with van der Waals surface area (Å²) in [5.41, 5.74) is 5.49. The van der Waals surface area contributed by atoms with Crippen molar-refractivity contribution in [2.75, 3.05) is 14.2 Å². The van der Waals surface area contributed by atoms with Crippen molar-refractivity contribution in [1.29, 1.82) is 0 Å². The molecule has 7 heteroatoms. The maximum absolute atomic E-state index is 11.4. The van der Waals surface area contributed by atoms with Gasteiger partial charge in [0.15, 0.2) is 0 Å². The topological polar surface area (TPSA) is 71.1 Å². The largest absolute Gasteiger partial charge is 0.494 e. The van der Waals surface area contributed by atoms with E-state index in [1.165, 1.54) is 50.2 Å². The molecule has 36 heavy (non-hydrogen) atoms. The number of benzene rings is 2. The Bertz CT molecular complexity index is 1080. The first-order valence-electron chi connectivity index (χ1n) is 12.4. The van der Waals surface area contributed by atoms with Crippen molar-refractivity contribution >= 4 is 30.1 Å². The molecule has 0 saturated carbocycles. The Hall–Kier alpha value is -2.90. The van der Waals surface area contributed by atoms with Crippen LogP contribution in [0.2, 0.25) is 0 Å². The van der Waals surface area contributed by atoms with Crippen LogP contribution < -0.4 is 5.46 Å². The SMILES string of the molecule is COC(=O)c1ccc(B2OC(C)(C)C(C)(C)O2)cc1.COC(=O)c1ccc(C2=C(C)CCCC2)cc1. The van der Waals surface area contributed by atoms with Crippen molar-refractivity contribution < 1.29 is 28.4 Å².